The van der Waals surface area contributed by atoms with Crippen LogP contribution in [0, 0.1) is 6.92 Å². The van der Waals surface area contributed by atoms with Gasteiger partial charge in [-0.1, -0.05) is 15.9 Å². The first-order valence-corrected chi connectivity index (χ1v) is 6.48. The molecule has 1 aliphatic rings. The predicted octanol–water partition coefficient (Wildman–Crippen LogP) is 2.16. The lowest BCUT2D eigenvalue weighted by Crippen LogP contribution is -2.22. The van der Waals surface area contributed by atoms with Gasteiger partial charge >= 0.3 is 0 Å². The van der Waals surface area contributed by atoms with Gasteiger partial charge in [0.15, 0.2) is 0 Å². The summed E-state index contributed by atoms with van der Waals surface area (Å²) < 4.78 is 5.42. The van der Waals surface area contributed by atoms with E-state index in [2.05, 4.69) is 30.8 Å². The molecule has 2 rings (SSSR count). The molecule has 1 fully saturated rings. The van der Waals surface area contributed by atoms with Crippen molar-refractivity contribution in [1.29, 1.82) is 0 Å². The van der Waals surface area contributed by atoms with E-state index in [1.54, 1.807) is 0 Å². The van der Waals surface area contributed by atoms with Crippen LogP contribution in [0.5, 0.6) is 5.88 Å². The molecule has 0 radical (unpaired) electrons. The van der Waals surface area contributed by atoms with Gasteiger partial charge in [0.25, 0.3) is 0 Å². The Bertz CT molecular complexity index is 372. The fourth-order valence-corrected chi connectivity index (χ4v) is 2.34. The van der Waals surface area contributed by atoms with E-state index in [0.717, 1.165) is 31.2 Å². The summed E-state index contributed by atoms with van der Waals surface area (Å²) in [5, 5.41) is 0. The lowest BCUT2D eigenvalue weighted by Gasteiger charge is -2.16. The molecular weight excluding hydrogens is 270 g/mol. The molecule has 0 spiro atoms. The van der Waals surface area contributed by atoms with Gasteiger partial charge in [-0.05, 0) is 20.3 Å². The summed E-state index contributed by atoms with van der Waals surface area (Å²) in [6, 6.07) is 1.87. The summed E-state index contributed by atoms with van der Waals surface area (Å²) in [4.78, 5) is 11.6. The highest BCUT2D eigenvalue weighted by atomic mass is 79.9. The summed E-state index contributed by atoms with van der Waals surface area (Å²) in [6.45, 7) is 6.54. The van der Waals surface area contributed by atoms with Crippen molar-refractivity contribution in [2.24, 2.45) is 0 Å². The highest BCUT2D eigenvalue weighted by Crippen LogP contribution is 2.23. The molecule has 0 aromatic carbocycles. The molecule has 0 amide bonds. The first-order valence-electron chi connectivity index (χ1n) is 5.56. The maximum Gasteiger partial charge on any atom is 0.228 e. The summed E-state index contributed by atoms with van der Waals surface area (Å²) in [5.41, 5.74) is 0.950. The maximum absolute atomic E-state index is 5.42. The third-order valence-corrected chi connectivity index (χ3v) is 3.27. The molecule has 0 aliphatic carbocycles. The average molecular weight is 286 g/mol. The lowest BCUT2D eigenvalue weighted by atomic mass is 10.4. The van der Waals surface area contributed by atoms with E-state index in [1.807, 2.05) is 19.9 Å². The first-order chi connectivity index (χ1) is 7.69. The van der Waals surface area contributed by atoms with Gasteiger partial charge in [-0.3, -0.25) is 0 Å². The van der Waals surface area contributed by atoms with E-state index in [-0.39, 0.29) is 0 Å². The molecule has 4 nitrogen and oxygen atoms in total. The number of aromatic nitrogens is 2. The first kappa shape index (κ1) is 11.6. The molecule has 1 saturated heterocycles. The number of anilines is 1. The van der Waals surface area contributed by atoms with Crippen molar-refractivity contribution in [1.82, 2.24) is 9.97 Å². The molecule has 5 heteroatoms. The van der Waals surface area contributed by atoms with E-state index >= 15 is 0 Å². The van der Waals surface area contributed by atoms with Crippen LogP contribution in [0.3, 0.4) is 0 Å². The zero-order valence-electron chi connectivity index (χ0n) is 9.61. The second-order valence-electron chi connectivity index (χ2n) is 3.91. The molecule has 1 aliphatic heterocycles. The normalized spacial score (nSPS) is 20.2. The van der Waals surface area contributed by atoms with Crippen LogP contribution in [0.25, 0.3) is 0 Å². The highest BCUT2D eigenvalue weighted by Gasteiger charge is 2.22. The van der Waals surface area contributed by atoms with Gasteiger partial charge in [0.2, 0.25) is 11.8 Å². The van der Waals surface area contributed by atoms with Crippen LogP contribution in [0.2, 0.25) is 0 Å². The van der Waals surface area contributed by atoms with E-state index in [1.165, 1.54) is 0 Å². The fraction of sp³-hybridized carbons (Fsp3) is 0.636. The van der Waals surface area contributed by atoms with Gasteiger partial charge in [-0.15, -0.1) is 0 Å². The molecule has 0 bridgehead atoms. The molecule has 1 aromatic heterocycles. The third-order valence-electron chi connectivity index (χ3n) is 2.52. The number of ether oxygens (including phenoxy) is 1. The van der Waals surface area contributed by atoms with Gasteiger partial charge < -0.3 is 9.64 Å². The Morgan fingerprint density at radius 3 is 3.00 bits per heavy atom. The Hall–Kier alpha value is -0.840. The second kappa shape index (κ2) is 4.99. The lowest BCUT2D eigenvalue weighted by molar-refractivity contribution is 0.326. The smallest absolute Gasteiger partial charge is 0.228 e. The van der Waals surface area contributed by atoms with Crippen molar-refractivity contribution < 1.29 is 4.74 Å². The fourth-order valence-electron chi connectivity index (χ4n) is 1.79. The predicted molar refractivity (Wildman–Crippen MR) is 67.5 cm³/mol. The van der Waals surface area contributed by atoms with Crippen LogP contribution in [0.15, 0.2) is 6.07 Å². The van der Waals surface area contributed by atoms with Crippen LogP contribution in [-0.4, -0.2) is 34.5 Å². The summed E-state index contributed by atoms with van der Waals surface area (Å²) in [6.07, 6.45) is 1.14. The minimum Gasteiger partial charge on any atom is -0.478 e. The van der Waals surface area contributed by atoms with E-state index in [0.29, 0.717) is 17.3 Å². The second-order valence-corrected chi connectivity index (χ2v) is 5.21. The molecule has 88 valence electrons. The monoisotopic (exact) mass is 285 g/mol. The molecule has 16 heavy (non-hydrogen) atoms. The van der Waals surface area contributed by atoms with Gasteiger partial charge in [0, 0.05) is 29.7 Å². The summed E-state index contributed by atoms with van der Waals surface area (Å²) in [7, 11) is 0. The van der Waals surface area contributed by atoms with Gasteiger partial charge in [0.05, 0.1) is 6.61 Å². The Kier molecular flexibility index (Phi) is 3.63. The number of halogens is 1. The Morgan fingerprint density at radius 2 is 2.38 bits per heavy atom. The highest BCUT2D eigenvalue weighted by molar-refractivity contribution is 9.09. The molecule has 2 heterocycles. The minimum absolute atomic E-state index is 0.548. The van der Waals surface area contributed by atoms with Crippen molar-refractivity contribution in [3.8, 4) is 5.88 Å². The van der Waals surface area contributed by atoms with E-state index < -0.39 is 0 Å². The zero-order chi connectivity index (χ0) is 11.5. The standard InChI is InChI=1S/C11H16BrN3O/c1-3-16-10-6-8(2)13-11(14-10)15-5-4-9(12)7-15/h6,9H,3-5,7H2,1-2H3. The largest absolute Gasteiger partial charge is 0.478 e. The molecular formula is C11H16BrN3O. The van der Waals surface area contributed by atoms with Crippen molar-refractivity contribution in [2.45, 2.75) is 25.1 Å². The molecule has 0 saturated carbocycles. The third kappa shape index (κ3) is 2.64. The zero-order valence-corrected chi connectivity index (χ0v) is 11.2. The van der Waals surface area contributed by atoms with E-state index in [9.17, 15) is 0 Å². The summed E-state index contributed by atoms with van der Waals surface area (Å²) in [5.74, 6) is 1.45. The maximum atomic E-state index is 5.42. The van der Waals surface area contributed by atoms with Crippen molar-refractivity contribution in [3.63, 3.8) is 0 Å². The van der Waals surface area contributed by atoms with Crippen LogP contribution in [0.1, 0.15) is 19.0 Å². The van der Waals surface area contributed by atoms with Crippen LogP contribution < -0.4 is 9.64 Å². The van der Waals surface area contributed by atoms with Crippen LogP contribution in [0.4, 0.5) is 5.95 Å². The van der Waals surface area contributed by atoms with Crippen LogP contribution >= 0.6 is 15.9 Å². The SMILES string of the molecule is CCOc1cc(C)nc(N2CCC(Br)C2)n1. The number of alkyl halides is 1. The topological polar surface area (TPSA) is 38.2 Å². The minimum atomic E-state index is 0.548. The summed E-state index contributed by atoms with van der Waals surface area (Å²) >= 11 is 3.62. The van der Waals surface area contributed by atoms with Gasteiger partial charge in [-0.25, -0.2) is 4.98 Å². The molecule has 1 aromatic rings. The molecule has 1 atom stereocenters. The number of hydrogen-bond donors (Lipinski definition) is 0. The molecule has 1 unspecified atom stereocenters. The number of nitrogens with zero attached hydrogens (tertiary/aromatic N) is 3. The van der Waals surface area contributed by atoms with E-state index in [4.69, 9.17) is 4.74 Å². The average Bonchev–Trinajstić information content (AvgIpc) is 2.64. The van der Waals surface area contributed by atoms with Crippen LogP contribution in [-0.2, 0) is 0 Å². The quantitative estimate of drug-likeness (QED) is 0.798. The van der Waals surface area contributed by atoms with Gasteiger partial charge in [0.1, 0.15) is 0 Å². The van der Waals surface area contributed by atoms with Gasteiger partial charge in [-0.2, -0.15) is 4.98 Å². The van der Waals surface area contributed by atoms with Crippen molar-refractivity contribution in [2.75, 3.05) is 24.6 Å². The Labute approximate surface area is 104 Å². The Balaban J connectivity index is 2.20. The number of aryl methyl sites for hydroxylation is 1. The number of rotatable bonds is 3. The number of hydrogen-bond acceptors (Lipinski definition) is 4. The van der Waals surface area contributed by atoms with Crippen molar-refractivity contribution in [3.05, 3.63) is 11.8 Å². The van der Waals surface area contributed by atoms with Crippen molar-refractivity contribution >= 4 is 21.9 Å². The Morgan fingerprint density at radius 1 is 1.56 bits per heavy atom. The molecule has 0 N–H and O–H groups in total.